The molecule has 32 heavy (non-hydrogen) atoms. The summed E-state index contributed by atoms with van der Waals surface area (Å²) < 4.78 is 0. The summed E-state index contributed by atoms with van der Waals surface area (Å²) in [5, 5.41) is 13.6. The first kappa shape index (κ1) is 20.7. The molecule has 0 radical (unpaired) electrons. The van der Waals surface area contributed by atoms with E-state index in [0.29, 0.717) is 0 Å². The Bertz CT molecular complexity index is 1210. The molecule has 0 aliphatic carbocycles. The van der Waals surface area contributed by atoms with E-state index in [0.717, 1.165) is 73.0 Å². The van der Waals surface area contributed by atoms with Gasteiger partial charge in [0.2, 0.25) is 0 Å². The number of fused-ring (bicyclic) bond motifs is 1. The number of aryl methyl sites for hydroxylation is 1. The summed E-state index contributed by atoms with van der Waals surface area (Å²) in [4.78, 5) is 17.3. The van der Waals surface area contributed by atoms with Crippen LogP contribution in [0.1, 0.15) is 24.0 Å². The number of thiazole rings is 1. The zero-order valence-corrected chi connectivity index (χ0v) is 18.8. The number of aromatic nitrogens is 3. The highest BCUT2D eigenvalue weighted by atomic mass is 32.1. The highest BCUT2D eigenvalue weighted by Crippen LogP contribution is 2.27. The lowest BCUT2D eigenvalue weighted by atomic mass is 10.1. The minimum absolute atomic E-state index is 0.726. The maximum Gasteiger partial charge on any atom is 0.185 e. The Balaban J connectivity index is 1.08. The van der Waals surface area contributed by atoms with Crippen molar-refractivity contribution in [2.24, 2.45) is 0 Å². The Kier molecular flexibility index (Phi) is 6.15. The van der Waals surface area contributed by atoms with Crippen molar-refractivity contribution in [2.75, 3.05) is 37.6 Å². The van der Waals surface area contributed by atoms with Crippen molar-refractivity contribution in [1.29, 1.82) is 5.26 Å². The Labute approximate surface area is 192 Å². The van der Waals surface area contributed by atoms with Gasteiger partial charge in [-0.1, -0.05) is 0 Å². The number of hydrogen-bond donors (Lipinski definition) is 1. The van der Waals surface area contributed by atoms with Crippen molar-refractivity contribution >= 4 is 27.4 Å². The standard InChI is InChI=1S/C25H26N6S/c26-15-19-6-7-23-22(14-19)20(17-28-23)4-1-2-9-30-10-12-31(13-11-30)25-29-24(18-32-25)21-5-3-8-27-16-21/h3,5-8,14,16-18,28H,1-2,4,9-13H2. The van der Waals surface area contributed by atoms with E-state index >= 15 is 0 Å². The van der Waals surface area contributed by atoms with Crippen LogP contribution < -0.4 is 4.90 Å². The predicted molar refractivity (Wildman–Crippen MR) is 130 cm³/mol. The average Bonchev–Trinajstić information content (AvgIpc) is 3.50. The molecule has 0 unspecified atom stereocenters. The normalized spacial score (nSPS) is 14.7. The molecule has 0 spiro atoms. The fourth-order valence-corrected chi connectivity index (χ4v) is 5.21. The number of piperazine rings is 1. The van der Waals surface area contributed by atoms with Crippen LogP contribution in [0.15, 0.2) is 54.3 Å². The average molecular weight is 443 g/mol. The number of hydrogen-bond acceptors (Lipinski definition) is 6. The number of nitriles is 1. The van der Waals surface area contributed by atoms with Crippen molar-refractivity contribution in [3.05, 3.63) is 65.4 Å². The van der Waals surface area contributed by atoms with Crippen LogP contribution in [0.2, 0.25) is 0 Å². The minimum Gasteiger partial charge on any atom is -0.361 e. The van der Waals surface area contributed by atoms with Gasteiger partial charge in [-0.15, -0.1) is 11.3 Å². The fourth-order valence-electron chi connectivity index (χ4n) is 4.32. The van der Waals surface area contributed by atoms with Crippen molar-refractivity contribution in [1.82, 2.24) is 19.9 Å². The molecule has 1 N–H and O–H groups in total. The van der Waals surface area contributed by atoms with E-state index < -0.39 is 0 Å². The van der Waals surface area contributed by atoms with Crippen LogP contribution in [0, 0.1) is 11.3 Å². The third kappa shape index (κ3) is 4.52. The number of unbranched alkanes of at least 4 members (excludes halogenated alkanes) is 1. The van der Waals surface area contributed by atoms with Gasteiger partial charge >= 0.3 is 0 Å². The number of rotatable bonds is 7. The minimum atomic E-state index is 0.726. The topological polar surface area (TPSA) is 71.8 Å². The lowest BCUT2D eigenvalue weighted by molar-refractivity contribution is 0.253. The molecular formula is C25H26N6S. The van der Waals surface area contributed by atoms with E-state index in [9.17, 15) is 0 Å². The Morgan fingerprint density at radius 2 is 2.03 bits per heavy atom. The first-order chi connectivity index (χ1) is 15.8. The Morgan fingerprint density at radius 1 is 1.12 bits per heavy atom. The zero-order valence-electron chi connectivity index (χ0n) is 18.0. The number of benzene rings is 1. The summed E-state index contributed by atoms with van der Waals surface area (Å²) in [5.74, 6) is 0. The second kappa shape index (κ2) is 9.51. The summed E-state index contributed by atoms with van der Waals surface area (Å²) in [6, 6.07) is 12.1. The van der Waals surface area contributed by atoms with Gasteiger partial charge in [-0.25, -0.2) is 4.98 Å². The molecule has 0 saturated carbocycles. The second-order valence-corrected chi connectivity index (χ2v) is 9.07. The molecule has 0 bridgehead atoms. The van der Waals surface area contributed by atoms with Gasteiger partial charge in [0.1, 0.15) is 0 Å². The lowest BCUT2D eigenvalue weighted by Gasteiger charge is -2.34. The molecule has 7 heteroatoms. The van der Waals surface area contributed by atoms with Crippen molar-refractivity contribution in [3.63, 3.8) is 0 Å². The number of pyridine rings is 1. The molecule has 0 atom stereocenters. The number of nitrogens with one attached hydrogen (secondary N) is 1. The SMILES string of the molecule is N#Cc1ccc2[nH]cc(CCCCN3CCN(c4nc(-c5cccnc5)cs4)CC3)c2c1. The molecule has 1 aliphatic rings. The lowest BCUT2D eigenvalue weighted by Crippen LogP contribution is -2.46. The molecular weight excluding hydrogens is 416 g/mol. The van der Waals surface area contributed by atoms with Crippen LogP contribution in [0.25, 0.3) is 22.2 Å². The molecule has 1 saturated heterocycles. The molecule has 4 heterocycles. The number of aromatic amines is 1. The smallest absolute Gasteiger partial charge is 0.185 e. The van der Waals surface area contributed by atoms with Crippen LogP contribution in [0.4, 0.5) is 5.13 Å². The number of nitrogens with zero attached hydrogens (tertiary/aromatic N) is 5. The van der Waals surface area contributed by atoms with Crippen LogP contribution in [-0.4, -0.2) is 52.6 Å². The third-order valence-corrected chi connectivity index (χ3v) is 7.06. The molecule has 6 nitrogen and oxygen atoms in total. The Hall–Kier alpha value is -3.21. The molecule has 3 aromatic heterocycles. The third-order valence-electron chi connectivity index (χ3n) is 6.16. The summed E-state index contributed by atoms with van der Waals surface area (Å²) in [6.07, 6.45) is 9.15. The maximum atomic E-state index is 9.15. The van der Waals surface area contributed by atoms with Crippen molar-refractivity contribution in [2.45, 2.75) is 19.3 Å². The van der Waals surface area contributed by atoms with Crippen LogP contribution >= 0.6 is 11.3 Å². The van der Waals surface area contributed by atoms with Gasteiger partial charge < -0.3 is 9.88 Å². The van der Waals surface area contributed by atoms with Gasteiger partial charge in [-0.3, -0.25) is 9.88 Å². The Morgan fingerprint density at radius 3 is 2.84 bits per heavy atom. The van der Waals surface area contributed by atoms with Crippen LogP contribution in [0.5, 0.6) is 0 Å². The quantitative estimate of drug-likeness (QED) is 0.420. The van der Waals surface area contributed by atoms with E-state index in [1.54, 1.807) is 17.5 Å². The highest BCUT2D eigenvalue weighted by Gasteiger charge is 2.19. The number of anilines is 1. The summed E-state index contributed by atoms with van der Waals surface area (Å²) >= 11 is 1.72. The molecule has 1 fully saturated rings. The fraction of sp³-hybridized carbons (Fsp3) is 0.320. The van der Waals surface area contributed by atoms with Gasteiger partial charge in [0.15, 0.2) is 5.13 Å². The molecule has 162 valence electrons. The molecule has 5 rings (SSSR count). The van der Waals surface area contributed by atoms with Crippen molar-refractivity contribution in [3.8, 4) is 17.3 Å². The van der Waals surface area contributed by atoms with Gasteiger partial charge in [0, 0.05) is 66.6 Å². The van der Waals surface area contributed by atoms with Crippen molar-refractivity contribution < 1.29 is 0 Å². The monoisotopic (exact) mass is 442 g/mol. The first-order valence-electron chi connectivity index (χ1n) is 11.1. The van der Waals surface area contributed by atoms with Crippen LogP contribution in [0.3, 0.4) is 0 Å². The summed E-state index contributed by atoms with van der Waals surface area (Å²) in [5.41, 5.74) is 5.25. The van der Waals surface area contributed by atoms with E-state index in [1.165, 1.54) is 17.4 Å². The molecule has 1 aromatic carbocycles. The van der Waals surface area contributed by atoms with E-state index in [-0.39, 0.29) is 0 Å². The van der Waals surface area contributed by atoms with Crippen LogP contribution in [-0.2, 0) is 6.42 Å². The van der Waals surface area contributed by atoms with E-state index in [2.05, 4.69) is 43.5 Å². The molecule has 4 aromatic rings. The highest BCUT2D eigenvalue weighted by molar-refractivity contribution is 7.14. The number of H-pyrrole nitrogens is 1. The van der Waals surface area contributed by atoms with Gasteiger partial charge in [-0.2, -0.15) is 5.26 Å². The molecule has 1 aliphatic heterocycles. The summed E-state index contributed by atoms with van der Waals surface area (Å²) in [7, 11) is 0. The predicted octanol–water partition coefficient (Wildman–Crippen LogP) is 4.70. The van der Waals surface area contributed by atoms with Gasteiger partial charge in [0.25, 0.3) is 0 Å². The molecule has 0 amide bonds. The van der Waals surface area contributed by atoms with E-state index in [4.69, 9.17) is 10.2 Å². The second-order valence-electron chi connectivity index (χ2n) is 8.23. The van der Waals surface area contributed by atoms with E-state index in [1.807, 2.05) is 30.5 Å². The zero-order chi connectivity index (χ0) is 21.8. The van der Waals surface area contributed by atoms with Gasteiger partial charge in [0.05, 0.1) is 17.3 Å². The largest absolute Gasteiger partial charge is 0.361 e. The van der Waals surface area contributed by atoms with Gasteiger partial charge in [-0.05, 0) is 61.7 Å². The maximum absolute atomic E-state index is 9.15. The summed E-state index contributed by atoms with van der Waals surface area (Å²) in [6.45, 7) is 5.36. The first-order valence-corrected chi connectivity index (χ1v) is 12.0.